The highest BCUT2D eigenvalue weighted by Crippen LogP contribution is 2.16. The molecule has 0 aromatic heterocycles. The Morgan fingerprint density at radius 3 is 2.44 bits per heavy atom. The van der Waals surface area contributed by atoms with E-state index in [2.05, 4.69) is 5.32 Å². The number of amides is 2. The van der Waals surface area contributed by atoms with Crippen LogP contribution in [0.1, 0.15) is 12.8 Å². The summed E-state index contributed by atoms with van der Waals surface area (Å²) < 4.78 is 5.29. The molecule has 0 spiro atoms. The van der Waals surface area contributed by atoms with Crippen molar-refractivity contribution in [1.29, 1.82) is 0 Å². The Labute approximate surface area is 110 Å². The first-order valence-corrected chi connectivity index (χ1v) is 6.02. The van der Waals surface area contributed by atoms with Crippen LogP contribution in [0.3, 0.4) is 0 Å². The number of halogens is 1. The summed E-state index contributed by atoms with van der Waals surface area (Å²) >= 11 is 5.45. The van der Waals surface area contributed by atoms with Crippen LogP contribution in [-0.4, -0.2) is 24.3 Å². The van der Waals surface area contributed by atoms with Crippen LogP contribution in [0.4, 0.5) is 5.69 Å². The van der Waals surface area contributed by atoms with Crippen molar-refractivity contribution in [2.75, 3.05) is 17.8 Å². The van der Waals surface area contributed by atoms with E-state index in [4.69, 9.17) is 22.1 Å². The first-order valence-electron chi connectivity index (χ1n) is 5.49. The van der Waals surface area contributed by atoms with Crippen LogP contribution in [0.5, 0.6) is 5.75 Å². The monoisotopic (exact) mass is 270 g/mol. The van der Waals surface area contributed by atoms with Crippen LogP contribution in [0.15, 0.2) is 24.3 Å². The second-order valence-corrected chi connectivity index (χ2v) is 3.95. The summed E-state index contributed by atoms with van der Waals surface area (Å²) in [6.45, 7) is 0.243. The van der Waals surface area contributed by atoms with E-state index in [1.54, 1.807) is 24.3 Å². The number of primary amides is 1. The van der Waals surface area contributed by atoms with Crippen molar-refractivity contribution in [2.45, 2.75) is 12.8 Å². The Morgan fingerprint density at radius 2 is 1.89 bits per heavy atom. The minimum atomic E-state index is -0.403. The highest BCUT2D eigenvalue weighted by molar-refractivity contribution is 6.19. The van der Waals surface area contributed by atoms with E-state index < -0.39 is 5.91 Å². The minimum absolute atomic E-state index is 0.132. The fourth-order valence-corrected chi connectivity index (χ4v) is 1.38. The molecular formula is C12H15ClN2O3. The lowest BCUT2D eigenvalue weighted by atomic mass is 10.3. The lowest BCUT2D eigenvalue weighted by molar-refractivity contribution is -0.118. The van der Waals surface area contributed by atoms with E-state index in [1.165, 1.54) is 0 Å². The van der Waals surface area contributed by atoms with Crippen molar-refractivity contribution < 1.29 is 14.3 Å². The summed E-state index contributed by atoms with van der Waals surface area (Å²) in [5.74, 6) is 0.374. The number of benzene rings is 1. The molecule has 0 fully saturated rings. The fraction of sp³-hybridized carbons (Fsp3) is 0.333. The molecule has 6 heteroatoms. The lowest BCUT2D eigenvalue weighted by Crippen LogP contribution is -2.14. The van der Waals surface area contributed by atoms with Gasteiger partial charge in [0.1, 0.15) is 5.75 Å². The van der Waals surface area contributed by atoms with Gasteiger partial charge in [-0.1, -0.05) is 0 Å². The Balaban J connectivity index is 2.42. The third-order valence-electron chi connectivity index (χ3n) is 2.08. The molecule has 1 aromatic rings. The zero-order chi connectivity index (χ0) is 13.4. The normalized spacial score (nSPS) is 9.83. The maximum Gasteiger partial charge on any atom is 0.225 e. The molecule has 0 atom stereocenters. The third-order valence-corrected chi connectivity index (χ3v) is 2.27. The van der Waals surface area contributed by atoms with Gasteiger partial charge in [0.25, 0.3) is 0 Å². The van der Waals surface area contributed by atoms with Crippen LogP contribution in [0.25, 0.3) is 0 Å². The molecular weight excluding hydrogens is 256 g/mol. The number of anilines is 1. The molecule has 0 heterocycles. The molecule has 5 nitrogen and oxygen atoms in total. The van der Waals surface area contributed by atoms with Gasteiger partial charge in [0.15, 0.2) is 0 Å². The van der Waals surface area contributed by atoms with E-state index in [0.717, 1.165) is 0 Å². The van der Waals surface area contributed by atoms with Gasteiger partial charge >= 0.3 is 0 Å². The Morgan fingerprint density at radius 1 is 1.22 bits per heavy atom. The predicted molar refractivity (Wildman–Crippen MR) is 69.7 cm³/mol. The quantitative estimate of drug-likeness (QED) is 0.737. The van der Waals surface area contributed by atoms with Crippen LogP contribution in [0.2, 0.25) is 0 Å². The number of nitrogens with two attached hydrogens (primary N) is 1. The zero-order valence-corrected chi connectivity index (χ0v) is 10.6. The van der Waals surface area contributed by atoms with Crippen LogP contribution in [0, 0.1) is 0 Å². The summed E-state index contributed by atoms with van der Waals surface area (Å²) in [7, 11) is 0. The highest BCUT2D eigenvalue weighted by Gasteiger charge is 2.02. The molecule has 18 heavy (non-hydrogen) atoms. The summed E-state index contributed by atoms with van der Waals surface area (Å²) in [6.07, 6.45) is 0.451. The molecule has 1 rings (SSSR count). The van der Waals surface area contributed by atoms with Crippen molar-refractivity contribution in [1.82, 2.24) is 0 Å². The number of rotatable bonds is 7. The van der Waals surface area contributed by atoms with Crippen molar-refractivity contribution >= 4 is 29.1 Å². The van der Waals surface area contributed by atoms with Gasteiger partial charge in [0.2, 0.25) is 11.8 Å². The van der Waals surface area contributed by atoms with Gasteiger partial charge in [-0.25, -0.2) is 0 Å². The summed E-state index contributed by atoms with van der Waals surface area (Å²) in [6, 6.07) is 6.84. The molecule has 0 aliphatic rings. The molecule has 2 amide bonds. The molecule has 0 unspecified atom stereocenters. The first-order chi connectivity index (χ1) is 8.61. The van der Waals surface area contributed by atoms with Crippen molar-refractivity contribution in [2.24, 2.45) is 5.73 Å². The van der Waals surface area contributed by atoms with Crippen molar-refractivity contribution in [3.8, 4) is 5.75 Å². The average Bonchev–Trinajstić information content (AvgIpc) is 2.31. The highest BCUT2D eigenvalue weighted by atomic mass is 35.5. The van der Waals surface area contributed by atoms with Gasteiger partial charge in [-0.05, 0) is 24.3 Å². The SMILES string of the molecule is NC(=O)CCOc1ccc(NC(=O)CCCl)cc1. The molecule has 1 aromatic carbocycles. The van der Waals surface area contributed by atoms with E-state index in [9.17, 15) is 9.59 Å². The smallest absolute Gasteiger partial charge is 0.225 e. The molecule has 0 bridgehead atoms. The minimum Gasteiger partial charge on any atom is -0.493 e. The van der Waals surface area contributed by atoms with Crippen LogP contribution >= 0.6 is 11.6 Å². The molecule has 0 saturated heterocycles. The zero-order valence-electron chi connectivity index (χ0n) is 9.82. The lowest BCUT2D eigenvalue weighted by Gasteiger charge is -2.07. The number of nitrogens with one attached hydrogen (secondary N) is 1. The molecule has 0 radical (unpaired) electrons. The summed E-state index contributed by atoms with van der Waals surface area (Å²) in [4.78, 5) is 21.8. The molecule has 98 valence electrons. The molecule has 0 saturated carbocycles. The van der Waals surface area contributed by atoms with E-state index >= 15 is 0 Å². The number of alkyl halides is 1. The number of ether oxygens (including phenoxy) is 1. The Kier molecular flexibility index (Phi) is 6.00. The Bertz CT molecular complexity index is 406. The number of hydrogen-bond donors (Lipinski definition) is 2. The first kappa shape index (κ1) is 14.3. The summed E-state index contributed by atoms with van der Waals surface area (Å²) in [5, 5.41) is 2.69. The molecule has 0 aliphatic heterocycles. The number of carbonyl (C=O) groups is 2. The topological polar surface area (TPSA) is 81.4 Å². The van der Waals surface area contributed by atoms with Gasteiger partial charge in [0, 0.05) is 18.0 Å². The fourth-order valence-electron chi connectivity index (χ4n) is 1.21. The average molecular weight is 271 g/mol. The number of hydrogen-bond acceptors (Lipinski definition) is 3. The second-order valence-electron chi connectivity index (χ2n) is 3.58. The van der Waals surface area contributed by atoms with Crippen molar-refractivity contribution in [3.63, 3.8) is 0 Å². The second kappa shape index (κ2) is 7.55. The van der Waals surface area contributed by atoms with Crippen LogP contribution in [-0.2, 0) is 9.59 Å². The van der Waals surface area contributed by atoms with E-state index in [-0.39, 0.29) is 25.4 Å². The summed E-state index contributed by atoms with van der Waals surface area (Å²) in [5.41, 5.74) is 5.66. The maximum atomic E-state index is 11.3. The third kappa shape index (κ3) is 5.54. The van der Waals surface area contributed by atoms with Gasteiger partial charge in [-0.2, -0.15) is 0 Å². The molecule has 3 N–H and O–H groups in total. The van der Waals surface area contributed by atoms with Crippen molar-refractivity contribution in [3.05, 3.63) is 24.3 Å². The standard InChI is InChI=1S/C12H15ClN2O3/c13-7-5-12(17)15-9-1-3-10(4-2-9)18-8-6-11(14)16/h1-4H,5-8H2,(H2,14,16)(H,15,17). The van der Waals surface area contributed by atoms with E-state index in [1.807, 2.05) is 0 Å². The van der Waals surface area contributed by atoms with Gasteiger partial charge in [-0.3, -0.25) is 9.59 Å². The predicted octanol–water partition coefficient (Wildman–Crippen LogP) is 1.51. The maximum absolute atomic E-state index is 11.3. The largest absolute Gasteiger partial charge is 0.493 e. The van der Waals surface area contributed by atoms with E-state index in [0.29, 0.717) is 17.3 Å². The van der Waals surface area contributed by atoms with Gasteiger partial charge in [-0.15, -0.1) is 11.6 Å². The Hall–Kier alpha value is -1.75. The van der Waals surface area contributed by atoms with Crippen LogP contribution < -0.4 is 15.8 Å². The van der Waals surface area contributed by atoms with Gasteiger partial charge < -0.3 is 15.8 Å². The van der Waals surface area contributed by atoms with Gasteiger partial charge in [0.05, 0.1) is 13.0 Å². The number of carbonyl (C=O) groups excluding carboxylic acids is 2. The molecule has 0 aliphatic carbocycles.